The smallest absolute Gasteiger partial charge is 0.220 e. The molecule has 2 rings (SSSR count). The maximum Gasteiger partial charge on any atom is 0.220 e. The van der Waals surface area contributed by atoms with Crippen LogP contribution in [0.3, 0.4) is 0 Å². The van der Waals surface area contributed by atoms with Crippen LogP contribution in [-0.4, -0.2) is 31.4 Å². The van der Waals surface area contributed by atoms with Gasteiger partial charge in [-0.3, -0.25) is 4.79 Å². The molecular weight excluding hydrogens is 329 g/mol. The van der Waals surface area contributed by atoms with Crippen LogP contribution in [0.4, 0.5) is 4.39 Å². The van der Waals surface area contributed by atoms with Gasteiger partial charge in [0.1, 0.15) is 5.82 Å². The number of amides is 1. The lowest BCUT2D eigenvalue weighted by molar-refractivity contribution is -0.121. The van der Waals surface area contributed by atoms with Crippen LogP contribution in [0.1, 0.15) is 18.7 Å². The van der Waals surface area contributed by atoms with Gasteiger partial charge in [-0.15, -0.1) is 5.10 Å². The van der Waals surface area contributed by atoms with Gasteiger partial charge in [0.15, 0.2) is 5.82 Å². The molecule has 1 N–H and O–H groups in total. The Morgan fingerprint density at radius 2 is 2.10 bits per heavy atom. The zero-order valence-corrected chi connectivity index (χ0v) is 12.2. The fourth-order valence-electron chi connectivity index (χ4n) is 1.59. The molecule has 0 aliphatic heterocycles. The molecule has 1 amide bonds. The maximum atomic E-state index is 12.9. The molecule has 0 spiro atoms. The molecule has 1 heterocycles. The first-order chi connectivity index (χ1) is 9.70. The second-order valence-corrected chi connectivity index (χ2v) is 4.85. The number of halogens is 2. The van der Waals surface area contributed by atoms with Crippen molar-refractivity contribution in [2.24, 2.45) is 0 Å². The number of tetrazole rings is 1. The van der Waals surface area contributed by atoms with E-state index in [1.807, 2.05) is 0 Å². The maximum absolute atomic E-state index is 12.9. The molecule has 0 atom stereocenters. The minimum atomic E-state index is -0.327. The Hall–Kier alpha value is -1.83. The number of benzene rings is 1. The zero-order valence-electron chi connectivity index (χ0n) is 10.6. The van der Waals surface area contributed by atoms with E-state index in [4.69, 9.17) is 0 Å². The van der Waals surface area contributed by atoms with E-state index in [9.17, 15) is 9.18 Å². The summed E-state index contributed by atoms with van der Waals surface area (Å²) in [6.07, 6.45) is 1.22. The number of rotatable bonds is 6. The van der Waals surface area contributed by atoms with Gasteiger partial charge in [0.25, 0.3) is 0 Å². The van der Waals surface area contributed by atoms with E-state index in [-0.39, 0.29) is 18.3 Å². The molecular formula is C12H13BrFN5O. The average Bonchev–Trinajstić information content (AvgIpc) is 2.92. The molecule has 2 aromatic rings. The van der Waals surface area contributed by atoms with Crippen molar-refractivity contribution in [1.29, 1.82) is 0 Å². The normalized spacial score (nSPS) is 10.5. The highest BCUT2D eigenvalue weighted by molar-refractivity contribution is 9.09. The van der Waals surface area contributed by atoms with Crippen LogP contribution in [0.2, 0.25) is 0 Å². The molecule has 8 heteroatoms. The summed E-state index contributed by atoms with van der Waals surface area (Å²) < 4.78 is 14.3. The van der Waals surface area contributed by atoms with Crippen LogP contribution in [0.25, 0.3) is 5.69 Å². The van der Waals surface area contributed by atoms with Gasteiger partial charge in [-0.2, -0.15) is 4.68 Å². The third kappa shape index (κ3) is 3.83. The first kappa shape index (κ1) is 14.6. The summed E-state index contributed by atoms with van der Waals surface area (Å²) in [4.78, 5) is 11.5. The third-order valence-electron chi connectivity index (χ3n) is 2.59. The van der Waals surface area contributed by atoms with E-state index < -0.39 is 0 Å². The molecule has 0 unspecified atom stereocenters. The van der Waals surface area contributed by atoms with Crippen molar-refractivity contribution in [3.63, 3.8) is 0 Å². The van der Waals surface area contributed by atoms with Crippen molar-refractivity contribution in [3.05, 3.63) is 35.9 Å². The van der Waals surface area contributed by atoms with Crippen LogP contribution in [0.15, 0.2) is 24.3 Å². The van der Waals surface area contributed by atoms with E-state index in [1.54, 1.807) is 12.1 Å². The predicted octanol–water partition coefficient (Wildman–Crippen LogP) is 1.59. The van der Waals surface area contributed by atoms with Crippen LogP contribution in [0, 0.1) is 5.82 Å². The minimum absolute atomic E-state index is 0.0573. The molecule has 0 saturated carbocycles. The molecule has 6 nitrogen and oxygen atoms in total. The number of hydrogen-bond acceptors (Lipinski definition) is 4. The second kappa shape index (κ2) is 7.09. The summed E-state index contributed by atoms with van der Waals surface area (Å²) in [5.41, 5.74) is 0.640. The SMILES string of the molecule is O=C(CCCBr)NCc1nnnn1-c1ccc(F)cc1. The molecule has 0 aliphatic rings. The Kier molecular flexibility index (Phi) is 5.16. The lowest BCUT2D eigenvalue weighted by Crippen LogP contribution is -2.24. The van der Waals surface area contributed by atoms with E-state index in [1.165, 1.54) is 16.8 Å². The Morgan fingerprint density at radius 1 is 1.35 bits per heavy atom. The molecule has 0 bridgehead atoms. The van der Waals surface area contributed by atoms with Gasteiger partial charge in [0.2, 0.25) is 5.91 Å². The Balaban J connectivity index is 2.02. The fraction of sp³-hybridized carbons (Fsp3) is 0.333. The topological polar surface area (TPSA) is 72.7 Å². The third-order valence-corrected chi connectivity index (χ3v) is 3.15. The molecule has 0 radical (unpaired) electrons. The number of alkyl halides is 1. The Labute approximate surface area is 123 Å². The summed E-state index contributed by atoms with van der Waals surface area (Å²) in [6.45, 7) is 0.228. The van der Waals surface area contributed by atoms with Crippen LogP contribution >= 0.6 is 15.9 Å². The van der Waals surface area contributed by atoms with E-state index in [2.05, 4.69) is 36.8 Å². The molecule has 20 heavy (non-hydrogen) atoms. The summed E-state index contributed by atoms with van der Waals surface area (Å²) >= 11 is 3.27. The van der Waals surface area contributed by atoms with Crippen molar-refractivity contribution < 1.29 is 9.18 Å². The lowest BCUT2D eigenvalue weighted by atomic mass is 10.3. The first-order valence-corrected chi connectivity index (χ1v) is 7.18. The van der Waals surface area contributed by atoms with E-state index in [0.717, 1.165) is 11.8 Å². The highest BCUT2D eigenvalue weighted by Crippen LogP contribution is 2.09. The molecule has 0 fully saturated rings. The highest BCUT2D eigenvalue weighted by atomic mass is 79.9. The van der Waals surface area contributed by atoms with Gasteiger partial charge in [0, 0.05) is 11.8 Å². The molecule has 1 aromatic heterocycles. The number of carbonyl (C=O) groups is 1. The zero-order chi connectivity index (χ0) is 14.4. The first-order valence-electron chi connectivity index (χ1n) is 6.06. The summed E-state index contributed by atoms with van der Waals surface area (Å²) in [5.74, 6) is 0.105. The van der Waals surface area contributed by atoms with Gasteiger partial charge in [0.05, 0.1) is 12.2 Å². The van der Waals surface area contributed by atoms with Crippen molar-refractivity contribution >= 4 is 21.8 Å². The summed E-state index contributed by atoms with van der Waals surface area (Å²) in [6, 6.07) is 5.80. The van der Waals surface area contributed by atoms with Crippen LogP contribution in [-0.2, 0) is 11.3 Å². The largest absolute Gasteiger partial charge is 0.349 e. The number of nitrogens with one attached hydrogen (secondary N) is 1. The standard InChI is InChI=1S/C12H13BrFN5O/c13-7-1-2-12(20)15-8-11-16-17-18-19(11)10-5-3-9(14)4-6-10/h3-6H,1-2,7-8H2,(H,15,20). The quantitative estimate of drug-likeness (QED) is 0.810. The summed E-state index contributed by atoms with van der Waals surface area (Å²) in [5, 5.41) is 14.8. The lowest BCUT2D eigenvalue weighted by Gasteiger charge is -2.06. The number of nitrogens with zero attached hydrogens (tertiary/aromatic N) is 4. The van der Waals surface area contributed by atoms with Crippen molar-refractivity contribution in [2.75, 3.05) is 5.33 Å². The van der Waals surface area contributed by atoms with Gasteiger partial charge in [-0.25, -0.2) is 4.39 Å². The number of hydrogen-bond donors (Lipinski definition) is 1. The van der Waals surface area contributed by atoms with Gasteiger partial charge >= 0.3 is 0 Å². The van der Waals surface area contributed by atoms with Crippen molar-refractivity contribution in [3.8, 4) is 5.69 Å². The van der Waals surface area contributed by atoms with Crippen molar-refractivity contribution in [2.45, 2.75) is 19.4 Å². The predicted molar refractivity (Wildman–Crippen MR) is 74.0 cm³/mol. The minimum Gasteiger partial charge on any atom is -0.349 e. The fourth-order valence-corrected chi connectivity index (χ4v) is 1.87. The average molecular weight is 342 g/mol. The van der Waals surface area contributed by atoms with E-state index >= 15 is 0 Å². The molecule has 0 saturated heterocycles. The Bertz CT molecular complexity index is 571. The molecule has 0 aliphatic carbocycles. The Morgan fingerprint density at radius 3 is 2.80 bits per heavy atom. The van der Waals surface area contributed by atoms with E-state index in [0.29, 0.717) is 17.9 Å². The number of aromatic nitrogens is 4. The van der Waals surface area contributed by atoms with Gasteiger partial charge in [-0.1, -0.05) is 15.9 Å². The van der Waals surface area contributed by atoms with Gasteiger partial charge < -0.3 is 5.32 Å². The molecule has 106 valence electrons. The number of carbonyl (C=O) groups excluding carboxylic acids is 1. The molecule has 1 aromatic carbocycles. The van der Waals surface area contributed by atoms with Crippen LogP contribution in [0.5, 0.6) is 0 Å². The monoisotopic (exact) mass is 341 g/mol. The van der Waals surface area contributed by atoms with Crippen LogP contribution < -0.4 is 5.32 Å². The highest BCUT2D eigenvalue weighted by Gasteiger charge is 2.09. The summed E-state index contributed by atoms with van der Waals surface area (Å²) in [7, 11) is 0. The van der Waals surface area contributed by atoms with Crippen molar-refractivity contribution in [1.82, 2.24) is 25.5 Å². The second-order valence-electron chi connectivity index (χ2n) is 4.05. The van der Waals surface area contributed by atoms with Gasteiger partial charge in [-0.05, 0) is 41.1 Å².